The molecule has 2 fully saturated rings. The van der Waals surface area contributed by atoms with Crippen LogP contribution in [0.2, 0.25) is 0 Å². The van der Waals surface area contributed by atoms with Gasteiger partial charge in [-0.05, 0) is 50.9 Å². The summed E-state index contributed by atoms with van der Waals surface area (Å²) in [6.07, 6.45) is 8.27. The van der Waals surface area contributed by atoms with Crippen molar-refractivity contribution in [2.75, 3.05) is 26.2 Å². The van der Waals surface area contributed by atoms with Crippen molar-refractivity contribution in [3.8, 4) is 0 Å². The minimum absolute atomic E-state index is 0.149. The Morgan fingerprint density at radius 3 is 2.86 bits per heavy atom. The van der Waals surface area contributed by atoms with Crippen molar-refractivity contribution in [1.29, 1.82) is 0 Å². The van der Waals surface area contributed by atoms with Gasteiger partial charge in [0.2, 0.25) is 0 Å². The zero-order valence-electron chi connectivity index (χ0n) is 13.1. The van der Waals surface area contributed by atoms with Gasteiger partial charge in [0.1, 0.15) is 17.4 Å². The Labute approximate surface area is 131 Å². The van der Waals surface area contributed by atoms with Gasteiger partial charge in [-0.25, -0.2) is 9.97 Å². The number of aromatic nitrogens is 3. The lowest BCUT2D eigenvalue weighted by Crippen LogP contribution is -2.33. The minimum Gasteiger partial charge on any atom is -0.370 e. The van der Waals surface area contributed by atoms with E-state index in [1.165, 1.54) is 32.4 Å². The number of piperidine rings is 1. The first-order chi connectivity index (χ1) is 10.9. The summed E-state index contributed by atoms with van der Waals surface area (Å²) < 4.78 is 8.17. The fraction of sp³-hybridized carbons (Fsp3) is 0.647. The van der Waals surface area contributed by atoms with Crippen LogP contribution in [0.15, 0.2) is 18.3 Å². The molecule has 2 aromatic rings. The van der Waals surface area contributed by atoms with E-state index >= 15 is 0 Å². The summed E-state index contributed by atoms with van der Waals surface area (Å²) in [5.41, 5.74) is 2.00. The number of ether oxygens (including phenoxy) is 1. The Morgan fingerprint density at radius 1 is 1.14 bits per heavy atom. The summed E-state index contributed by atoms with van der Waals surface area (Å²) in [5.74, 6) is 1.07. The fourth-order valence-corrected chi connectivity index (χ4v) is 3.65. The molecular formula is C17H24N4O. The number of hydrogen-bond acceptors (Lipinski definition) is 4. The van der Waals surface area contributed by atoms with Crippen LogP contribution >= 0.6 is 0 Å². The van der Waals surface area contributed by atoms with E-state index in [4.69, 9.17) is 9.72 Å². The third kappa shape index (κ3) is 2.75. The molecule has 22 heavy (non-hydrogen) atoms. The molecule has 1 atom stereocenters. The van der Waals surface area contributed by atoms with Crippen molar-refractivity contribution in [3.63, 3.8) is 0 Å². The number of hydrogen-bond donors (Lipinski definition) is 0. The van der Waals surface area contributed by atoms with E-state index in [2.05, 4.69) is 20.5 Å². The van der Waals surface area contributed by atoms with Gasteiger partial charge in [-0.3, -0.25) is 0 Å². The number of imidazole rings is 1. The molecule has 2 aromatic heterocycles. The first-order valence-corrected chi connectivity index (χ1v) is 8.57. The second kappa shape index (κ2) is 6.34. The average molecular weight is 300 g/mol. The molecule has 0 radical (unpaired) electrons. The standard InChI is InChI=1S/C17H24N4O/c1-2-9-20(10-3-1)11-12-21-16-14(6-4-8-18-16)19-17(21)15-7-5-13-22-15/h4,6,8,15H,1-3,5,7,9-13H2. The Kier molecular flexibility index (Phi) is 4.08. The van der Waals surface area contributed by atoms with Crippen molar-refractivity contribution in [3.05, 3.63) is 24.2 Å². The van der Waals surface area contributed by atoms with Crippen LogP contribution in [0.3, 0.4) is 0 Å². The lowest BCUT2D eigenvalue weighted by Gasteiger charge is -2.27. The van der Waals surface area contributed by atoms with Gasteiger partial charge < -0.3 is 14.2 Å². The Bertz CT molecular complexity index is 627. The predicted octanol–water partition coefficient (Wildman–Crippen LogP) is 2.77. The van der Waals surface area contributed by atoms with Crippen LogP contribution in [0.1, 0.15) is 44.0 Å². The summed E-state index contributed by atoms with van der Waals surface area (Å²) in [6, 6.07) is 4.02. The lowest BCUT2D eigenvalue weighted by molar-refractivity contribution is 0.101. The van der Waals surface area contributed by atoms with Crippen LogP contribution < -0.4 is 0 Å². The normalized spacial score (nSPS) is 23.4. The molecule has 1 unspecified atom stereocenters. The number of likely N-dealkylation sites (tertiary alicyclic amines) is 1. The summed E-state index contributed by atoms with van der Waals surface area (Å²) in [4.78, 5) is 11.9. The number of pyridine rings is 1. The smallest absolute Gasteiger partial charge is 0.160 e. The first-order valence-electron chi connectivity index (χ1n) is 8.57. The van der Waals surface area contributed by atoms with Gasteiger partial charge in [0.05, 0.1) is 0 Å². The highest BCUT2D eigenvalue weighted by molar-refractivity contribution is 5.71. The van der Waals surface area contributed by atoms with Gasteiger partial charge in [0.15, 0.2) is 5.65 Å². The molecule has 2 aliphatic heterocycles. The summed E-state index contributed by atoms with van der Waals surface area (Å²) in [5, 5.41) is 0. The monoisotopic (exact) mass is 300 g/mol. The highest BCUT2D eigenvalue weighted by Gasteiger charge is 2.25. The lowest BCUT2D eigenvalue weighted by atomic mass is 10.1. The maximum atomic E-state index is 5.88. The number of rotatable bonds is 4. The second-order valence-electron chi connectivity index (χ2n) is 6.37. The average Bonchev–Trinajstić information content (AvgIpc) is 3.21. The van der Waals surface area contributed by atoms with Crippen LogP contribution in [-0.2, 0) is 11.3 Å². The zero-order valence-corrected chi connectivity index (χ0v) is 13.1. The molecule has 0 aromatic carbocycles. The van der Waals surface area contributed by atoms with Crippen LogP contribution in [0.5, 0.6) is 0 Å². The van der Waals surface area contributed by atoms with E-state index in [0.29, 0.717) is 0 Å². The Morgan fingerprint density at radius 2 is 2.05 bits per heavy atom. The topological polar surface area (TPSA) is 43.2 Å². The Hall–Kier alpha value is -1.46. The van der Waals surface area contributed by atoms with Crippen LogP contribution in [-0.4, -0.2) is 45.7 Å². The van der Waals surface area contributed by atoms with Crippen molar-refractivity contribution in [2.24, 2.45) is 0 Å². The minimum atomic E-state index is 0.149. The van der Waals surface area contributed by atoms with Crippen LogP contribution in [0.4, 0.5) is 0 Å². The summed E-state index contributed by atoms with van der Waals surface area (Å²) >= 11 is 0. The van der Waals surface area contributed by atoms with Gasteiger partial charge in [0.25, 0.3) is 0 Å². The zero-order chi connectivity index (χ0) is 14.8. The number of fused-ring (bicyclic) bond motifs is 1. The number of nitrogens with zero attached hydrogens (tertiary/aromatic N) is 4. The highest BCUT2D eigenvalue weighted by atomic mass is 16.5. The maximum Gasteiger partial charge on any atom is 0.160 e. The second-order valence-corrected chi connectivity index (χ2v) is 6.37. The quantitative estimate of drug-likeness (QED) is 0.871. The molecule has 5 nitrogen and oxygen atoms in total. The molecule has 118 valence electrons. The molecule has 2 saturated heterocycles. The van der Waals surface area contributed by atoms with Crippen molar-refractivity contribution < 1.29 is 4.74 Å². The van der Waals surface area contributed by atoms with E-state index in [1.54, 1.807) is 0 Å². The summed E-state index contributed by atoms with van der Waals surface area (Å²) in [7, 11) is 0. The molecule has 2 aliphatic rings. The molecule has 0 bridgehead atoms. The molecule has 0 saturated carbocycles. The summed E-state index contributed by atoms with van der Waals surface area (Å²) in [6.45, 7) is 5.36. The van der Waals surface area contributed by atoms with E-state index in [0.717, 1.165) is 49.5 Å². The first kappa shape index (κ1) is 14.2. The third-order valence-electron chi connectivity index (χ3n) is 4.84. The molecular weight excluding hydrogens is 276 g/mol. The molecule has 0 N–H and O–H groups in total. The highest BCUT2D eigenvalue weighted by Crippen LogP contribution is 2.30. The maximum absolute atomic E-state index is 5.88. The SMILES string of the molecule is c1cnc2c(c1)nc(C1CCCO1)n2CCN1CCCCC1. The van der Waals surface area contributed by atoms with E-state index < -0.39 is 0 Å². The molecule has 0 spiro atoms. The molecule has 0 aliphatic carbocycles. The predicted molar refractivity (Wildman–Crippen MR) is 85.7 cm³/mol. The van der Waals surface area contributed by atoms with Gasteiger partial charge >= 0.3 is 0 Å². The van der Waals surface area contributed by atoms with Gasteiger partial charge in [-0.2, -0.15) is 0 Å². The van der Waals surface area contributed by atoms with Crippen LogP contribution in [0.25, 0.3) is 11.2 Å². The van der Waals surface area contributed by atoms with Crippen molar-refractivity contribution in [1.82, 2.24) is 19.4 Å². The van der Waals surface area contributed by atoms with E-state index in [9.17, 15) is 0 Å². The van der Waals surface area contributed by atoms with Gasteiger partial charge in [-0.1, -0.05) is 6.42 Å². The van der Waals surface area contributed by atoms with Crippen molar-refractivity contribution in [2.45, 2.75) is 44.8 Å². The molecule has 5 heteroatoms. The Balaban J connectivity index is 1.60. The molecule has 0 amide bonds. The third-order valence-corrected chi connectivity index (χ3v) is 4.84. The molecule has 4 rings (SSSR count). The van der Waals surface area contributed by atoms with Gasteiger partial charge in [0, 0.05) is 25.9 Å². The molecule has 4 heterocycles. The van der Waals surface area contributed by atoms with Crippen LogP contribution in [0, 0.1) is 0 Å². The largest absolute Gasteiger partial charge is 0.370 e. The fourth-order valence-electron chi connectivity index (χ4n) is 3.65. The van der Waals surface area contributed by atoms with Crippen molar-refractivity contribution >= 4 is 11.2 Å². The van der Waals surface area contributed by atoms with Gasteiger partial charge in [-0.15, -0.1) is 0 Å². The van der Waals surface area contributed by atoms with E-state index in [1.807, 2.05) is 12.3 Å². The van der Waals surface area contributed by atoms with E-state index in [-0.39, 0.29) is 6.10 Å².